The molecular formula is C19H28N2O3. The lowest BCUT2D eigenvalue weighted by Crippen LogP contribution is -2.40. The molecule has 132 valence electrons. The zero-order valence-electron chi connectivity index (χ0n) is 14.9. The Kier molecular flexibility index (Phi) is 4.58. The molecule has 1 aromatic carbocycles. The van der Waals surface area contributed by atoms with Crippen LogP contribution in [0.1, 0.15) is 32.8 Å². The van der Waals surface area contributed by atoms with Crippen LogP contribution in [0.3, 0.4) is 0 Å². The summed E-state index contributed by atoms with van der Waals surface area (Å²) in [6, 6.07) is 10.3. The highest BCUT2D eigenvalue weighted by molar-refractivity contribution is 5.68. The van der Waals surface area contributed by atoms with Crippen molar-refractivity contribution < 1.29 is 14.6 Å². The average Bonchev–Trinajstić information content (AvgIpc) is 3.04. The fraction of sp³-hybridized carbons (Fsp3) is 0.632. The van der Waals surface area contributed by atoms with E-state index in [2.05, 4.69) is 17.0 Å². The van der Waals surface area contributed by atoms with Gasteiger partial charge in [-0.3, -0.25) is 4.90 Å². The summed E-state index contributed by atoms with van der Waals surface area (Å²) in [6.45, 7) is 9.19. The fourth-order valence-electron chi connectivity index (χ4n) is 3.79. The van der Waals surface area contributed by atoms with Crippen LogP contribution in [0, 0.1) is 5.41 Å². The number of carbonyl (C=O) groups excluding carboxylic acids is 1. The number of β-amino-alcohol motifs (C(OH)–C–C–N with tert-alkyl or cyclic N) is 1. The molecule has 2 aliphatic heterocycles. The Morgan fingerprint density at radius 1 is 1.29 bits per heavy atom. The molecule has 3 rings (SSSR count). The van der Waals surface area contributed by atoms with Crippen molar-refractivity contribution in [2.75, 3.05) is 26.2 Å². The van der Waals surface area contributed by atoms with E-state index in [0.29, 0.717) is 19.6 Å². The van der Waals surface area contributed by atoms with E-state index in [4.69, 9.17) is 4.74 Å². The normalized spacial score (nSPS) is 27.8. The lowest BCUT2D eigenvalue weighted by Gasteiger charge is -2.28. The van der Waals surface area contributed by atoms with Crippen LogP contribution >= 0.6 is 0 Å². The Hall–Kier alpha value is -1.59. The van der Waals surface area contributed by atoms with E-state index in [1.54, 1.807) is 4.90 Å². The molecule has 1 amide bonds. The lowest BCUT2D eigenvalue weighted by molar-refractivity contribution is 0.0227. The van der Waals surface area contributed by atoms with Crippen molar-refractivity contribution in [1.82, 2.24) is 9.80 Å². The highest BCUT2D eigenvalue weighted by Gasteiger charge is 2.51. The molecule has 0 radical (unpaired) electrons. The number of aliphatic hydroxyl groups excluding tert-OH is 1. The second-order valence-electron chi connectivity index (χ2n) is 8.19. The standard InChI is InChI=1S/C19H28N2O3/c1-18(2,3)24-17(23)21-10-9-19(14-21)13-20(12-16(19)22)11-15-7-5-4-6-8-15/h4-8,16,22H,9-14H2,1-3H3. The van der Waals surface area contributed by atoms with E-state index in [9.17, 15) is 9.90 Å². The second kappa shape index (κ2) is 6.37. The van der Waals surface area contributed by atoms with Crippen LogP contribution in [0.5, 0.6) is 0 Å². The molecule has 2 fully saturated rings. The van der Waals surface area contributed by atoms with Crippen molar-refractivity contribution in [3.05, 3.63) is 35.9 Å². The Bertz CT molecular complexity index is 584. The molecule has 5 nitrogen and oxygen atoms in total. The SMILES string of the molecule is CC(C)(C)OC(=O)N1CCC2(CN(Cc3ccccc3)CC2O)C1. The number of benzene rings is 1. The molecule has 1 aromatic rings. The van der Waals surface area contributed by atoms with Gasteiger partial charge in [0.1, 0.15) is 5.60 Å². The highest BCUT2D eigenvalue weighted by Crippen LogP contribution is 2.40. The molecule has 1 N–H and O–H groups in total. The van der Waals surface area contributed by atoms with Crippen molar-refractivity contribution in [1.29, 1.82) is 0 Å². The topological polar surface area (TPSA) is 53.0 Å². The van der Waals surface area contributed by atoms with Crippen LogP contribution in [-0.2, 0) is 11.3 Å². The predicted octanol–water partition coefficient (Wildman–Crippen LogP) is 2.49. The first-order valence-corrected chi connectivity index (χ1v) is 8.70. The summed E-state index contributed by atoms with van der Waals surface area (Å²) in [5, 5.41) is 10.6. The Morgan fingerprint density at radius 3 is 2.67 bits per heavy atom. The molecule has 24 heavy (non-hydrogen) atoms. The van der Waals surface area contributed by atoms with E-state index < -0.39 is 11.7 Å². The molecule has 2 aliphatic rings. The molecule has 2 saturated heterocycles. The summed E-state index contributed by atoms with van der Waals surface area (Å²) in [4.78, 5) is 16.3. The molecule has 2 unspecified atom stereocenters. The van der Waals surface area contributed by atoms with Crippen molar-refractivity contribution in [2.24, 2.45) is 5.41 Å². The van der Waals surface area contributed by atoms with Crippen LogP contribution in [0.25, 0.3) is 0 Å². The van der Waals surface area contributed by atoms with Crippen LogP contribution in [-0.4, -0.2) is 58.9 Å². The number of nitrogens with zero attached hydrogens (tertiary/aromatic N) is 2. The van der Waals surface area contributed by atoms with Gasteiger partial charge >= 0.3 is 6.09 Å². The van der Waals surface area contributed by atoms with E-state index in [1.165, 1.54) is 5.56 Å². The number of hydrogen-bond acceptors (Lipinski definition) is 4. The number of hydrogen-bond donors (Lipinski definition) is 1. The van der Waals surface area contributed by atoms with Crippen LogP contribution in [0.15, 0.2) is 30.3 Å². The van der Waals surface area contributed by atoms with Crippen LogP contribution in [0.4, 0.5) is 4.79 Å². The van der Waals surface area contributed by atoms with Gasteiger partial charge in [0.2, 0.25) is 0 Å². The summed E-state index contributed by atoms with van der Waals surface area (Å²) in [5.74, 6) is 0. The van der Waals surface area contributed by atoms with Gasteiger partial charge in [0.15, 0.2) is 0 Å². The maximum Gasteiger partial charge on any atom is 0.410 e. The summed E-state index contributed by atoms with van der Waals surface area (Å²) >= 11 is 0. The van der Waals surface area contributed by atoms with Gasteiger partial charge < -0.3 is 14.7 Å². The minimum Gasteiger partial charge on any atom is -0.444 e. The van der Waals surface area contributed by atoms with E-state index in [-0.39, 0.29) is 11.5 Å². The first-order chi connectivity index (χ1) is 11.3. The van der Waals surface area contributed by atoms with Crippen molar-refractivity contribution in [3.8, 4) is 0 Å². The summed E-state index contributed by atoms with van der Waals surface area (Å²) in [5.41, 5.74) is 0.551. The smallest absolute Gasteiger partial charge is 0.410 e. The number of amides is 1. The molecule has 0 bridgehead atoms. The lowest BCUT2D eigenvalue weighted by atomic mass is 9.84. The Labute approximate surface area is 144 Å². The van der Waals surface area contributed by atoms with Gasteiger partial charge in [-0.2, -0.15) is 0 Å². The van der Waals surface area contributed by atoms with Crippen molar-refractivity contribution in [3.63, 3.8) is 0 Å². The monoisotopic (exact) mass is 332 g/mol. The number of rotatable bonds is 2. The molecule has 0 saturated carbocycles. The summed E-state index contributed by atoms with van der Waals surface area (Å²) < 4.78 is 5.47. The third-order valence-electron chi connectivity index (χ3n) is 4.96. The molecule has 0 aliphatic carbocycles. The first-order valence-electron chi connectivity index (χ1n) is 8.70. The van der Waals surface area contributed by atoms with Crippen LogP contribution in [0.2, 0.25) is 0 Å². The number of aliphatic hydroxyl groups is 1. The average molecular weight is 332 g/mol. The molecular weight excluding hydrogens is 304 g/mol. The van der Waals surface area contributed by atoms with E-state index in [1.807, 2.05) is 39.0 Å². The maximum absolute atomic E-state index is 12.3. The minimum absolute atomic E-state index is 0.217. The second-order valence-corrected chi connectivity index (χ2v) is 8.19. The molecule has 1 spiro atoms. The summed E-state index contributed by atoms with van der Waals surface area (Å²) in [6.07, 6.45) is 0.167. The zero-order valence-corrected chi connectivity index (χ0v) is 14.9. The third-order valence-corrected chi connectivity index (χ3v) is 4.96. The molecule has 2 heterocycles. The van der Waals surface area contributed by atoms with Gasteiger partial charge in [-0.05, 0) is 32.8 Å². The van der Waals surface area contributed by atoms with Gasteiger partial charge in [0, 0.05) is 38.1 Å². The van der Waals surface area contributed by atoms with Crippen molar-refractivity contribution in [2.45, 2.75) is 45.4 Å². The third kappa shape index (κ3) is 3.73. The highest BCUT2D eigenvalue weighted by atomic mass is 16.6. The largest absolute Gasteiger partial charge is 0.444 e. The predicted molar refractivity (Wildman–Crippen MR) is 92.6 cm³/mol. The van der Waals surface area contributed by atoms with Gasteiger partial charge in [-0.25, -0.2) is 4.79 Å². The molecule has 0 aromatic heterocycles. The van der Waals surface area contributed by atoms with Gasteiger partial charge in [-0.1, -0.05) is 30.3 Å². The number of carbonyl (C=O) groups is 1. The molecule has 5 heteroatoms. The molecule has 2 atom stereocenters. The maximum atomic E-state index is 12.3. The minimum atomic E-state index is -0.486. The number of likely N-dealkylation sites (tertiary alicyclic amines) is 2. The van der Waals surface area contributed by atoms with E-state index >= 15 is 0 Å². The quantitative estimate of drug-likeness (QED) is 0.904. The van der Waals surface area contributed by atoms with Gasteiger partial charge in [-0.15, -0.1) is 0 Å². The van der Waals surface area contributed by atoms with Gasteiger partial charge in [0.25, 0.3) is 0 Å². The number of ether oxygens (including phenoxy) is 1. The summed E-state index contributed by atoms with van der Waals surface area (Å²) in [7, 11) is 0. The Balaban J connectivity index is 1.61. The first kappa shape index (κ1) is 17.2. The fourth-order valence-corrected chi connectivity index (χ4v) is 3.79. The zero-order chi connectivity index (χ0) is 17.4. The van der Waals surface area contributed by atoms with Gasteiger partial charge in [0.05, 0.1) is 6.10 Å². The Morgan fingerprint density at radius 2 is 2.00 bits per heavy atom. The van der Waals surface area contributed by atoms with E-state index in [0.717, 1.165) is 19.5 Å². The van der Waals surface area contributed by atoms with Crippen molar-refractivity contribution >= 4 is 6.09 Å². The van der Waals surface area contributed by atoms with Crippen LogP contribution < -0.4 is 0 Å².